The van der Waals surface area contributed by atoms with Gasteiger partial charge in [0.15, 0.2) is 5.82 Å². The molecule has 3 rings (SSSR count). The van der Waals surface area contributed by atoms with E-state index in [0.717, 1.165) is 22.5 Å². The van der Waals surface area contributed by atoms with Crippen LogP contribution in [0, 0.1) is 13.8 Å². The molecular weight excluding hydrogens is 302 g/mol. The van der Waals surface area contributed by atoms with E-state index in [-0.39, 0.29) is 0 Å². The number of aryl methyl sites for hydroxylation is 2. The Morgan fingerprint density at radius 3 is 2.42 bits per heavy atom. The summed E-state index contributed by atoms with van der Waals surface area (Å²) in [6, 6.07) is 13.7. The zero-order valence-electron chi connectivity index (χ0n) is 13.9. The molecule has 24 heavy (non-hydrogen) atoms. The van der Waals surface area contributed by atoms with Gasteiger partial charge in [0, 0.05) is 5.69 Å². The minimum Gasteiger partial charge on any atom is -0.495 e. The summed E-state index contributed by atoms with van der Waals surface area (Å²) in [7, 11) is 1.62. The quantitative estimate of drug-likeness (QED) is 0.740. The van der Waals surface area contributed by atoms with Crippen molar-refractivity contribution in [3.05, 3.63) is 59.8 Å². The Bertz CT molecular complexity index is 830. The number of anilines is 4. The first-order valence-electron chi connectivity index (χ1n) is 7.60. The maximum atomic E-state index is 5.32. The third-order valence-electron chi connectivity index (χ3n) is 3.65. The molecule has 0 radical (unpaired) electrons. The zero-order valence-corrected chi connectivity index (χ0v) is 13.9. The van der Waals surface area contributed by atoms with Gasteiger partial charge in [-0.25, -0.2) is 0 Å². The molecule has 0 unspecified atom stereocenters. The number of nitrogens with zero attached hydrogens (tertiary/aromatic N) is 3. The van der Waals surface area contributed by atoms with Crippen molar-refractivity contribution in [3.8, 4) is 5.75 Å². The topological polar surface area (TPSA) is 72.0 Å². The number of ether oxygens (including phenoxy) is 1. The predicted molar refractivity (Wildman–Crippen MR) is 95.3 cm³/mol. The van der Waals surface area contributed by atoms with Crippen LogP contribution in [-0.2, 0) is 0 Å². The minimum absolute atomic E-state index is 0.399. The fraction of sp³-hybridized carbons (Fsp3) is 0.167. The number of hydrogen-bond acceptors (Lipinski definition) is 6. The molecule has 122 valence electrons. The highest BCUT2D eigenvalue weighted by atomic mass is 16.5. The fourth-order valence-corrected chi connectivity index (χ4v) is 2.42. The summed E-state index contributed by atoms with van der Waals surface area (Å²) in [4.78, 5) is 4.47. The van der Waals surface area contributed by atoms with Gasteiger partial charge in [0.2, 0.25) is 5.95 Å². The molecule has 0 fully saturated rings. The van der Waals surface area contributed by atoms with E-state index < -0.39 is 0 Å². The minimum atomic E-state index is 0.399. The fourth-order valence-electron chi connectivity index (χ4n) is 2.42. The Hall–Kier alpha value is -3.15. The molecular formula is C18H19N5O. The van der Waals surface area contributed by atoms with Gasteiger partial charge in [0.25, 0.3) is 0 Å². The molecule has 0 amide bonds. The summed E-state index contributed by atoms with van der Waals surface area (Å²) >= 11 is 0. The van der Waals surface area contributed by atoms with Crippen molar-refractivity contribution < 1.29 is 4.74 Å². The van der Waals surface area contributed by atoms with Gasteiger partial charge < -0.3 is 15.4 Å². The third kappa shape index (κ3) is 3.43. The molecule has 0 saturated carbocycles. The third-order valence-corrected chi connectivity index (χ3v) is 3.65. The monoisotopic (exact) mass is 321 g/mol. The van der Waals surface area contributed by atoms with Crippen LogP contribution < -0.4 is 15.4 Å². The lowest BCUT2D eigenvalue weighted by molar-refractivity contribution is 0.417. The molecule has 6 nitrogen and oxygen atoms in total. The van der Waals surface area contributed by atoms with Crippen LogP contribution in [-0.4, -0.2) is 22.3 Å². The van der Waals surface area contributed by atoms with Crippen molar-refractivity contribution in [1.82, 2.24) is 15.2 Å². The van der Waals surface area contributed by atoms with E-state index >= 15 is 0 Å². The van der Waals surface area contributed by atoms with Crippen molar-refractivity contribution in [2.75, 3.05) is 17.7 Å². The molecule has 1 aromatic heterocycles. The van der Waals surface area contributed by atoms with Gasteiger partial charge in [-0.3, -0.25) is 0 Å². The highest BCUT2D eigenvalue weighted by molar-refractivity contribution is 5.66. The van der Waals surface area contributed by atoms with E-state index in [4.69, 9.17) is 4.74 Å². The van der Waals surface area contributed by atoms with Gasteiger partial charge in [0.1, 0.15) is 5.75 Å². The van der Waals surface area contributed by atoms with E-state index in [2.05, 4.69) is 51.8 Å². The van der Waals surface area contributed by atoms with Crippen LogP contribution in [0.3, 0.4) is 0 Å². The van der Waals surface area contributed by atoms with Crippen LogP contribution in [0.4, 0.5) is 23.1 Å². The zero-order chi connectivity index (χ0) is 16.9. The summed E-state index contributed by atoms with van der Waals surface area (Å²) in [5.74, 6) is 1.74. The summed E-state index contributed by atoms with van der Waals surface area (Å²) in [5.41, 5.74) is 4.10. The lowest BCUT2D eigenvalue weighted by atomic mass is 10.1. The molecule has 2 aromatic carbocycles. The number of nitrogens with one attached hydrogen (secondary N) is 2. The first-order valence-corrected chi connectivity index (χ1v) is 7.60. The Labute approximate surface area is 140 Å². The van der Waals surface area contributed by atoms with Crippen LogP contribution in [0.15, 0.2) is 48.7 Å². The van der Waals surface area contributed by atoms with E-state index in [0.29, 0.717) is 17.5 Å². The Balaban J connectivity index is 1.84. The van der Waals surface area contributed by atoms with Gasteiger partial charge in [0.05, 0.1) is 19.0 Å². The normalized spacial score (nSPS) is 10.3. The van der Waals surface area contributed by atoms with Crippen LogP contribution in [0.5, 0.6) is 5.75 Å². The first-order chi connectivity index (χ1) is 11.7. The molecule has 0 bridgehead atoms. The number of rotatable bonds is 5. The second kappa shape index (κ2) is 6.95. The van der Waals surface area contributed by atoms with Gasteiger partial charge >= 0.3 is 0 Å². The summed E-state index contributed by atoms with van der Waals surface area (Å²) in [5, 5.41) is 14.5. The maximum absolute atomic E-state index is 5.32. The maximum Gasteiger partial charge on any atom is 0.249 e. The standard InChI is InChI=1S/C18H19N5O/c1-12-7-6-8-13(2)17(12)21-16-11-19-23-18(22-16)20-14-9-4-5-10-15(14)24-3/h4-11H,1-3H3,(H2,20,21,22,23). The van der Waals surface area contributed by atoms with Crippen molar-refractivity contribution in [2.45, 2.75) is 13.8 Å². The number of hydrogen-bond donors (Lipinski definition) is 2. The molecule has 6 heteroatoms. The number of para-hydroxylation sites is 3. The largest absolute Gasteiger partial charge is 0.495 e. The molecule has 0 aliphatic rings. The second-order valence-corrected chi connectivity index (χ2v) is 5.38. The van der Waals surface area contributed by atoms with Crippen molar-refractivity contribution >= 4 is 23.1 Å². The van der Waals surface area contributed by atoms with Crippen molar-refractivity contribution in [1.29, 1.82) is 0 Å². The number of benzene rings is 2. The number of aromatic nitrogens is 3. The first kappa shape index (κ1) is 15.7. The molecule has 0 spiro atoms. The molecule has 3 aromatic rings. The smallest absolute Gasteiger partial charge is 0.249 e. The van der Waals surface area contributed by atoms with Crippen LogP contribution >= 0.6 is 0 Å². The molecule has 0 atom stereocenters. The Kier molecular flexibility index (Phi) is 4.56. The SMILES string of the molecule is COc1ccccc1Nc1nncc(Nc2c(C)cccc2C)n1. The van der Waals surface area contributed by atoms with E-state index in [9.17, 15) is 0 Å². The van der Waals surface area contributed by atoms with Gasteiger partial charge in [-0.05, 0) is 37.1 Å². The van der Waals surface area contributed by atoms with E-state index in [1.54, 1.807) is 13.3 Å². The van der Waals surface area contributed by atoms with E-state index in [1.165, 1.54) is 0 Å². The lowest BCUT2D eigenvalue weighted by Gasteiger charge is -2.13. The van der Waals surface area contributed by atoms with E-state index in [1.807, 2.05) is 30.3 Å². The Morgan fingerprint density at radius 2 is 1.67 bits per heavy atom. The van der Waals surface area contributed by atoms with Gasteiger partial charge in [-0.15, -0.1) is 5.10 Å². The molecule has 1 heterocycles. The average molecular weight is 321 g/mol. The molecule has 0 aliphatic carbocycles. The lowest BCUT2D eigenvalue weighted by Crippen LogP contribution is -2.04. The van der Waals surface area contributed by atoms with Gasteiger partial charge in [-0.1, -0.05) is 30.3 Å². The van der Waals surface area contributed by atoms with Crippen LogP contribution in [0.1, 0.15) is 11.1 Å². The summed E-state index contributed by atoms with van der Waals surface area (Å²) in [6.45, 7) is 4.11. The molecule has 2 N–H and O–H groups in total. The predicted octanol–water partition coefficient (Wildman–Crippen LogP) is 3.98. The number of methoxy groups -OCH3 is 1. The second-order valence-electron chi connectivity index (χ2n) is 5.38. The average Bonchev–Trinajstić information content (AvgIpc) is 2.59. The van der Waals surface area contributed by atoms with Crippen molar-refractivity contribution in [3.63, 3.8) is 0 Å². The molecule has 0 saturated heterocycles. The summed E-state index contributed by atoms with van der Waals surface area (Å²) in [6.07, 6.45) is 1.60. The highest BCUT2D eigenvalue weighted by Gasteiger charge is 2.07. The van der Waals surface area contributed by atoms with Crippen molar-refractivity contribution in [2.24, 2.45) is 0 Å². The van der Waals surface area contributed by atoms with Gasteiger partial charge in [-0.2, -0.15) is 10.1 Å². The Morgan fingerprint density at radius 1 is 0.917 bits per heavy atom. The molecule has 0 aliphatic heterocycles. The highest BCUT2D eigenvalue weighted by Crippen LogP contribution is 2.26. The van der Waals surface area contributed by atoms with Crippen LogP contribution in [0.25, 0.3) is 0 Å². The summed E-state index contributed by atoms with van der Waals surface area (Å²) < 4.78 is 5.32. The van der Waals surface area contributed by atoms with Crippen LogP contribution in [0.2, 0.25) is 0 Å².